The molecule has 30 heavy (non-hydrogen) atoms. The zero-order valence-electron chi connectivity index (χ0n) is 17.0. The van der Waals surface area contributed by atoms with Gasteiger partial charge in [-0.25, -0.2) is 12.4 Å². The molecule has 0 amide bonds. The van der Waals surface area contributed by atoms with E-state index in [9.17, 15) is 8.42 Å². The number of para-hydroxylation sites is 1. The van der Waals surface area contributed by atoms with Crippen LogP contribution in [0.15, 0.2) is 77.8 Å². The van der Waals surface area contributed by atoms with Gasteiger partial charge in [-0.3, -0.25) is 4.90 Å². The van der Waals surface area contributed by atoms with E-state index in [0.717, 1.165) is 60.0 Å². The smallest absolute Gasteiger partial charge is 0.268 e. The molecule has 0 unspecified atom stereocenters. The molecule has 2 heterocycles. The number of likely N-dealkylation sites (N-methyl/N-ethyl adjacent to an activating group) is 1. The van der Waals surface area contributed by atoms with Gasteiger partial charge in [-0.05, 0) is 30.1 Å². The van der Waals surface area contributed by atoms with Gasteiger partial charge in [0.15, 0.2) is 0 Å². The maximum Gasteiger partial charge on any atom is 0.268 e. The first-order valence-electron chi connectivity index (χ1n) is 10.3. The van der Waals surface area contributed by atoms with Crippen molar-refractivity contribution in [2.24, 2.45) is 0 Å². The van der Waals surface area contributed by atoms with Crippen LogP contribution in [0.4, 0.5) is 0 Å². The van der Waals surface area contributed by atoms with Gasteiger partial charge < -0.3 is 4.90 Å². The van der Waals surface area contributed by atoms with Crippen molar-refractivity contribution in [2.75, 3.05) is 33.2 Å². The molecule has 4 aromatic rings. The minimum atomic E-state index is -3.73. The van der Waals surface area contributed by atoms with E-state index in [4.69, 9.17) is 0 Å². The molecule has 5 nitrogen and oxygen atoms in total. The summed E-state index contributed by atoms with van der Waals surface area (Å²) >= 11 is 0. The van der Waals surface area contributed by atoms with Gasteiger partial charge in [0.2, 0.25) is 0 Å². The van der Waals surface area contributed by atoms with Crippen molar-refractivity contribution in [3.63, 3.8) is 0 Å². The van der Waals surface area contributed by atoms with Crippen molar-refractivity contribution < 1.29 is 8.42 Å². The van der Waals surface area contributed by atoms with Gasteiger partial charge in [-0.2, -0.15) is 0 Å². The molecule has 1 fully saturated rings. The second-order valence-electron chi connectivity index (χ2n) is 8.03. The molecule has 1 aliphatic heterocycles. The predicted molar refractivity (Wildman–Crippen MR) is 121 cm³/mol. The molecule has 1 saturated heterocycles. The van der Waals surface area contributed by atoms with Crippen LogP contribution in [0.2, 0.25) is 0 Å². The Morgan fingerprint density at radius 2 is 1.47 bits per heavy atom. The van der Waals surface area contributed by atoms with Gasteiger partial charge in [0.05, 0.1) is 10.4 Å². The lowest BCUT2D eigenvalue weighted by molar-refractivity contribution is 0.148. The molecular formula is C24H25N3O2S. The van der Waals surface area contributed by atoms with Gasteiger partial charge >= 0.3 is 0 Å². The number of rotatable bonds is 4. The van der Waals surface area contributed by atoms with Crippen molar-refractivity contribution in [3.05, 3.63) is 78.5 Å². The summed E-state index contributed by atoms with van der Waals surface area (Å²) in [6.07, 6.45) is 1.82. The number of aromatic nitrogens is 1. The molecule has 0 atom stereocenters. The Bertz CT molecular complexity index is 1310. The molecule has 0 radical (unpaired) electrons. The minimum Gasteiger partial charge on any atom is -0.304 e. The third-order valence-electron chi connectivity index (χ3n) is 6.04. The summed E-state index contributed by atoms with van der Waals surface area (Å²) in [4.78, 5) is 5.06. The lowest BCUT2D eigenvalue weighted by Gasteiger charge is -2.32. The Morgan fingerprint density at radius 3 is 2.27 bits per heavy atom. The number of hydrogen-bond acceptors (Lipinski definition) is 4. The van der Waals surface area contributed by atoms with E-state index in [2.05, 4.69) is 16.8 Å². The van der Waals surface area contributed by atoms with Crippen LogP contribution in [0, 0.1) is 0 Å². The average Bonchev–Trinajstić information content (AvgIpc) is 3.14. The van der Waals surface area contributed by atoms with Gasteiger partial charge in [-0.1, -0.05) is 54.6 Å². The maximum absolute atomic E-state index is 13.8. The molecule has 5 rings (SSSR count). The Kier molecular flexibility index (Phi) is 4.85. The Hall–Kier alpha value is -2.67. The number of fused-ring (bicyclic) bond motifs is 2. The van der Waals surface area contributed by atoms with Crippen molar-refractivity contribution in [1.29, 1.82) is 0 Å². The zero-order valence-corrected chi connectivity index (χ0v) is 17.8. The summed E-state index contributed by atoms with van der Waals surface area (Å²) in [5, 5.41) is 2.67. The van der Waals surface area contributed by atoms with E-state index in [1.807, 2.05) is 66.9 Å². The van der Waals surface area contributed by atoms with Crippen LogP contribution in [-0.2, 0) is 16.6 Å². The van der Waals surface area contributed by atoms with Crippen LogP contribution in [0.25, 0.3) is 21.7 Å². The van der Waals surface area contributed by atoms with Gasteiger partial charge in [0.25, 0.3) is 10.0 Å². The Labute approximate surface area is 177 Å². The van der Waals surface area contributed by atoms with E-state index >= 15 is 0 Å². The molecule has 0 N–H and O–H groups in total. The zero-order chi connectivity index (χ0) is 20.7. The highest BCUT2D eigenvalue weighted by molar-refractivity contribution is 7.90. The molecule has 0 saturated carbocycles. The molecule has 1 aromatic heterocycles. The molecule has 3 aromatic carbocycles. The van der Waals surface area contributed by atoms with Crippen LogP contribution in [0.3, 0.4) is 0 Å². The standard InChI is InChI=1S/C24H25N3O2S/c1-25-13-15-26(16-14-25)17-20-18-27(23-11-5-4-9-21(20)23)30(28,29)24-12-6-8-19-7-2-3-10-22(19)24/h2-12,18H,13-17H2,1H3. The van der Waals surface area contributed by atoms with Crippen molar-refractivity contribution in [2.45, 2.75) is 11.4 Å². The fourth-order valence-corrected chi connectivity index (χ4v) is 5.93. The number of nitrogens with zero attached hydrogens (tertiary/aromatic N) is 3. The number of piperazine rings is 1. The minimum absolute atomic E-state index is 0.340. The molecule has 154 valence electrons. The van der Waals surface area contributed by atoms with Crippen molar-refractivity contribution >= 4 is 31.7 Å². The third kappa shape index (κ3) is 3.31. The summed E-state index contributed by atoms with van der Waals surface area (Å²) in [5.74, 6) is 0. The topological polar surface area (TPSA) is 45.5 Å². The predicted octanol–water partition coefficient (Wildman–Crippen LogP) is 3.78. The third-order valence-corrected chi connectivity index (χ3v) is 7.77. The monoisotopic (exact) mass is 419 g/mol. The summed E-state index contributed by atoms with van der Waals surface area (Å²) in [5.41, 5.74) is 1.79. The highest BCUT2D eigenvalue weighted by Gasteiger charge is 2.24. The van der Waals surface area contributed by atoms with E-state index in [1.54, 1.807) is 6.07 Å². The summed E-state index contributed by atoms with van der Waals surface area (Å²) in [6.45, 7) is 4.81. The Morgan fingerprint density at radius 1 is 0.800 bits per heavy atom. The molecular weight excluding hydrogens is 394 g/mol. The summed E-state index contributed by atoms with van der Waals surface area (Å²) in [7, 11) is -1.59. The van der Waals surface area contributed by atoms with Gasteiger partial charge in [-0.15, -0.1) is 0 Å². The lowest BCUT2D eigenvalue weighted by Crippen LogP contribution is -2.43. The van der Waals surface area contributed by atoms with Crippen LogP contribution >= 0.6 is 0 Å². The molecule has 0 bridgehead atoms. The quantitative estimate of drug-likeness (QED) is 0.505. The number of hydrogen-bond donors (Lipinski definition) is 0. The average molecular weight is 420 g/mol. The van der Waals surface area contributed by atoms with Crippen LogP contribution in [0.5, 0.6) is 0 Å². The highest BCUT2D eigenvalue weighted by Crippen LogP contribution is 2.30. The molecule has 1 aliphatic rings. The molecule has 0 aliphatic carbocycles. The largest absolute Gasteiger partial charge is 0.304 e. The lowest BCUT2D eigenvalue weighted by atomic mass is 10.1. The molecule has 0 spiro atoms. The fourth-order valence-electron chi connectivity index (χ4n) is 4.32. The van der Waals surface area contributed by atoms with Gasteiger partial charge in [0, 0.05) is 49.7 Å². The van der Waals surface area contributed by atoms with Crippen LogP contribution in [-0.4, -0.2) is 55.4 Å². The van der Waals surface area contributed by atoms with Crippen molar-refractivity contribution in [3.8, 4) is 0 Å². The summed E-state index contributed by atoms with van der Waals surface area (Å²) in [6, 6.07) is 20.9. The SMILES string of the molecule is CN1CCN(Cc2cn(S(=O)(=O)c3cccc4ccccc34)c3ccccc23)CC1. The highest BCUT2D eigenvalue weighted by atomic mass is 32.2. The number of benzene rings is 3. The normalized spacial score (nSPS) is 16.4. The van der Waals surface area contributed by atoms with E-state index in [0.29, 0.717) is 4.90 Å². The second kappa shape index (κ2) is 7.54. The Balaban J connectivity index is 1.62. The molecule has 6 heteroatoms. The van der Waals surface area contributed by atoms with E-state index in [-0.39, 0.29) is 0 Å². The first-order chi connectivity index (χ1) is 14.5. The first-order valence-corrected chi connectivity index (χ1v) is 11.7. The second-order valence-corrected chi connectivity index (χ2v) is 9.81. The van der Waals surface area contributed by atoms with E-state index < -0.39 is 10.0 Å². The summed E-state index contributed by atoms with van der Waals surface area (Å²) < 4.78 is 29.0. The van der Waals surface area contributed by atoms with Gasteiger partial charge in [0.1, 0.15) is 0 Å². The first kappa shape index (κ1) is 19.3. The fraction of sp³-hybridized carbons (Fsp3) is 0.250. The van der Waals surface area contributed by atoms with E-state index in [1.165, 1.54) is 3.97 Å². The van der Waals surface area contributed by atoms with Crippen molar-refractivity contribution in [1.82, 2.24) is 13.8 Å². The maximum atomic E-state index is 13.8. The van der Waals surface area contributed by atoms with Crippen LogP contribution < -0.4 is 0 Å². The van der Waals surface area contributed by atoms with Crippen LogP contribution in [0.1, 0.15) is 5.56 Å².